The lowest BCUT2D eigenvalue weighted by Crippen LogP contribution is -2.14. The van der Waals surface area contributed by atoms with E-state index in [1.807, 2.05) is 0 Å². The zero-order valence-electron chi connectivity index (χ0n) is 15.4. The molecule has 0 atom stereocenters. The first-order chi connectivity index (χ1) is 13.5. The summed E-state index contributed by atoms with van der Waals surface area (Å²) in [6.45, 7) is 0. The summed E-state index contributed by atoms with van der Waals surface area (Å²) >= 11 is 0. The summed E-state index contributed by atoms with van der Waals surface area (Å²) < 4.78 is 10.5. The highest BCUT2D eigenvalue weighted by atomic mass is 16.5. The van der Waals surface area contributed by atoms with Crippen LogP contribution < -0.4 is 14.8 Å². The predicted octanol–water partition coefficient (Wildman–Crippen LogP) is 4.32. The zero-order chi connectivity index (χ0) is 20.1. The van der Waals surface area contributed by atoms with Gasteiger partial charge in [0.05, 0.1) is 25.5 Å². The Hall–Kier alpha value is -3.80. The molecule has 0 radical (unpaired) electrons. The first kappa shape index (κ1) is 19.0. The average Bonchev–Trinajstić information content (AvgIpc) is 2.73. The van der Waals surface area contributed by atoms with Gasteiger partial charge in [0.1, 0.15) is 11.5 Å². The van der Waals surface area contributed by atoms with Gasteiger partial charge in [-0.15, -0.1) is 0 Å². The number of amides is 1. The Labute approximate surface area is 162 Å². The van der Waals surface area contributed by atoms with Crippen LogP contribution in [0.15, 0.2) is 66.7 Å². The maximum Gasteiger partial charge on any atom is 0.336 e. The molecule has 0 bridgehead atoms. The van der Waals surface area contributed by atoms with E-state index in [1.54, 1.807) is 60.7 Å². The number of carboxylic acids is 1. The Balaban J connectivity index is 2.03. The van der Waals surface area contributed by atoms with Crippen LogP contribution in [-0.2, 0) is 0 Å². The van der Waals surface area contributed by atoms with E-state index in [1.165, 1.54) is 20.3 Å². The van der Waals surface area contributed by atoms with Crippen LogP contribution >= 0.6 is 0 Å². The molecule has 2 N–H and O–H groups in total. The molecule has 0 aromatic heterocycles. The number of ether oxygens (including phenoxy) is 2. The van der Waals surface area contributed by atoms with E-state index in [0.717, 1.165) is 0 Å². The van der Waals surface area contributed by atoms with Crippen molar-refractivity contribution in [3.8, 4) is 22.6 Å². The van der Waals surface area contributed by atoms with Gasteiger partial charge in [0.15, 0.2) is 0 Å². The van der Waals surface area contributed by atoms with Crippen molar-refractivity contribution in [2.24, 2.45) is 0 Å². The number of hydrogen-bond acceptors (Lipinski definition) is 4. The van der Waals surface area contributed by atoms with Crippen LogP contribution in [0.1, 0.15) is 20.7 Å². The Kier molecular flexibility index (Phi) is 5.60. The van der Waals surface area contributed by atoms with Crippen molar-refractivity contribution < 1.29 is 24.2 Å². The number of rotatable bonds is 6. The lowest BCUT2D eigenvalue weighted by Gasteiger charge is -2.14. The molecule has 28 heavy (non-hydrogen) atoms. The van der Waals surface area contributed by atoms with Crippen LogP contribution in [0, 0.1) is 0 Å². The predicted molar refractivity (Wildman–Crippen MR) is 106 cm³/mol. The fourth-order valence-corrected chi connectivity index (χ4v) is 2.92. The van der Waals surface area contributed by atoms with Crippen molar-refractivity contribution in [2.75, 3.05) is 19.5 Å². The van der Waals surface area contributed by atoms with E-state index in [0.29, 0.717) is 33.9 Å². The number of carbonyl (C=O) groups excluding carboxylic acids is 1. The fourth-order valence-electron chi connectivity index (χ4n) is 2.92. The SMILES string of the molecule is COc1ccc(OC)c(NC(=O)c2ccccc2-c2ccccc2C(=O)O)c1. The summed E-state index contributed by atoms with van der Waals surface area (Å²) in [5, 5.41) is 12.3. The fraction of sp³-hybridized carbons (Fsp3) is 0.0909. The van der Waals surface area contributed by atoms with Crippen molar-refractivity contribution >= 4 is 17.6 Å². The van der Waals surface area contributed by atoms with Gasteiger partial charge < -0.3 is 19.9 Å². The van der Waals surface area contributed by atoms with Crippen molar-refractivity contribution in [3.63, 3.8) is 0 Å². The van der Waals surface area contributed by atoms with Gasteiger partial charge >= 0.3 is 5.97 Å². The summed E-state index contributed by atoms with van der Waals surface area (Å²) in [7, 11) is 3.04. The highest BCUT2D eigenvalue weighted by Gasteiger charge is 2.18. The molecular formula is C22H19NO5. The number of anilines is 1. The van der Waals surface area contributed by atoms with Crippen LogP contribution in [0.3, 0.4) is 0 Å². The van der Waals surface area contributed by atoms with E-state index in [9.17, 15) is 14.7 Å². The van der Waals surface area contributed by atoms with Crippen LogP contribution in [-0.4, -0.2) is 31.2 Å². The number of methoxy groups -OCH3 is 2. The van der Waals surface area contributed by atoms with E-state index >= 15 is 0 Å². The third-order valence-electron chi connectivity index (χ3n) is 4.27. The summed E-state index contributed by atoms with van der Waals surface area (Å²) in [6, 6.07) is 18.5. The van der Waals surface area contributed by atoms with E-state index in [-0.39, 0.29) is 11.5 Å². The number of nitrogens with one attached hydrogen (secondary N) is 1. The quantitative estimate of drug-likeness (QED) is 0.668. The molecule has 0 fully saturated rings. The standard InChI is InChI=1S/C22H19NO5/c1-27-14-11-12-20(28-2)19(13-14)23-21(24)17-9-5-3-7-15(17)16-8-4-6-10-18(16)22(25)26/h3-13H,1-2H3,(H,23,24)(H,25,26). The molecule has 0 heterocycles. The van der Waals surface area contributed by atoms with E-state index in [4.69, 9.17) is 9.47 Å². The number of benzene rings is 3. The molecule has 142 valence electrons. The summed E-state index contributed by atoms with van der Waals surface area (Å²) in [5.41, 5.74) is 1.93. The number of hydrogen-bond donors (Lipinski definition) is 2. The molecule has 3 aromatic carbocycles. The van der Waals surface area contributed by atoms with Gasteiger partial charge in [0, 0.05) is 11.6 Å². The number of carboxylic acid groups (broad SMARTS) is 1. The van der Waals surface area contributed by atoms with Crippen LogP contribution in [0.2, 0.25) is 0 Å². The van der Waals surface area contributed by atoms with Crippen molar-refractivity contribution in [3.05, 3.63) is 77.9 Å². The zero-order valence-corrected chi connectivity index (χ0v) is 15.4. The lowest BCUT2D eigenvalue weighted by atomic mass is 9.95. The third kappa shape index (κ3) is 3.81. The normalized spacial score (nSPS) is 10.2. The molecular weight excluding hydrogens is 358 g/mol. The van der Waals surface area contributed by atoms with Gasteiger partial charge in [-0.1, -0.05) is 36.4 Å². The second kappa shape index (κ2) is 8.26. The van der Waals surface area contributed by atoms with Gasteiger partial charge in [0.25, 0.3) is 5.91 Å². The topological polar surface area (TPSA) is 84.9 Å². The second-order valence-corrected chi connectivity index (χ2v) is 5.92. The Morgan fingerprint density at radius 2 is 1.43 bits per heavy atom. The molecule has 1 amide bonds. The maximum absolute atomic E-state index is 13.0. The molecule has 6 heteroatoms. The van der Waals surface area contributed by atoms with Crippen molar-refractivity contribution in [1.82, 2.24) is 0 Å². The average molecular weight is 377 g/mol. The smallest absolute Gasteiger partial charge is 0.336 e. The largest absolute Gasteiger partial charge is 0.497 e. The molecule has 0 aliphatic heterocycles. The first-order valence-corrected chi connectivity index (χ1v) is 8.50. The molecule has 3 rings (SSSR count). The van der Waals surface area contributed by atoms with Gasteiger partial charge in [0.2, 0.25) is 0 Å². The Bertz CT molecular complexity index is 1030. The molecule has 0 spiro atoms. The van der Waals surface area contributed by atoms with Gasteiger partial charge in [-0.3, -0.25) is 4.79 Å². The van der Waals surface area contributed by atoms with Crippen LogP contribution in [0.25, 0.3) is 11.1 Å². The van der Waals surface area contributed by atoms with E-state index < -0.39 is 5.97 Å². The summed E-state index contributed by atoms with van der Waals surface area (Å²) in [4.78, 5) is 24.6. The Morgan fingerprint density at radius 3 is 2.04 bits per heavy atom. The minimum absolute atomic E-state index is 0.127. The minimum Gasteiger partial charge on any atom is -0.497 e. The van der Waals surface area contributed by atoms with Crippen LogP contribution in [0.4, 0.5) is 5.69 Å². The monoisotopic (exact) mass is 377 g/mol. The van der Waals surface area contributed by atoms with Gasteiger partial charge in [-0.25, -0.2) is 4.79 Å². The maximum atomic E-state index is 13.0. The Morgan fingerprint density at radius 1 is 0.821 bits per heavy atom. The number of carbonyl (C=O) groups is 2. The van der Waals surface area contributed by atoms with Crippen molar-refractivity contribution in [1.29, 1.82) is 0 Å². The summed E-state index contributed by atoms with van der Waals surface area (Å²) in [5.74, 6) is -0.388. The molecule has 0 saturated heterocycles. The second-order valence-electron chi connectivity index (χ2n) is 5.92. The van der Waals surface area contributed by atoms with Crippen molar-refractivity contribution in [2.45, 2.75) is 0 Å². The first-order valence-electron chi connectivity index (χ1n) is 8.50. The van der Waals surface area contributed by atoms with Crippen LogP contribution in [0.5, 0.6) is 11.5 Å². The highest BCUT2D eigenvalue weighted by Crippen LogP contribution is 2.31. The molecule has 0 aliphatic carbocycles. The van der Waals surface area contributed by atoms with Gasteiger partial charge in [-0.2, -0.15) is 0 Å². The molecule has 0 saturated carbocycles. The van der Waals surface area contributed by atoms with E-state index in [2.05, 4.69) is 5.32 Å². The summed E-state index contributed by atoms with van der Waals surface area (Å²) in [6.07, 6.45) is 0. The molecule has 0 unspecified atom stereocenters. The highest BCUT2D eigenvalue weighted by molar-refractivity contribution is 6.10. The third-order valence-corrected chi connectivity index (χ3v) is 4.27. The lowest BCUT2D eigenvalue weighted by molar-refractivity contribution is 0.0697. The molecule has 0 aliphatic rings. The van der Waals surface area contributed by atoms with Gasteiger partial charge in [-0.05, 0) is 35.4 Å². The minimum atomic E-state index is -1.06. The number of aromatic carboxylic acids is 1. The molecule has 3 aromatic rings. The molecule has 6 nitrogen and oxygen atoms in total.